The lowest BCUT2D eigenvalue weighted by Gasteiger charge is -2.17. The third-order valence-electron chi connectivity index (χ3n) is 3.92. The van der Waals surface area contributed by atoms with E-state index in [1.165, 1.54) is 36.9 Å². The van der Waals surface area contributed by atoms with Gasteiger partial charge in [-0.05, 0) is 30.1 Å². The molecule has 0 fully saturated rings. The van der Waals surface area contributed by atoms with Crippen molar-refractivity contribution in [3.63, 3.8) is 0 Å². The summed E-state index contributed by atoms with van der Waals surface area (Å²) in [4.78, 5) is 3.20. The maximum Gasteiger partial charge on any atom is 0.177 e. The van der Waals surface area contributed by atoms with Crippen molar-refractivity contribution in [3.05, 3.63) is 41.3 Å². The number of hydrogen-bond donors (Lipinski definition) is 1. The SMILES string of the molecule is CCCCC(CC)Cn1c(-c2ccccc2)c[nH]c1=S. The first-order valence-electron chi connectivity index (χ1n) is 7.59. The molecule has 0 spiro atoms. The van der Waals surface area contributed by atoms with Gasteiger partial charge >= 0.3 is 0 Å². The summed E-state index contributed by atoms with van der Waals surface area (Å²) in [5.74, 6) is 0.708. The van der Waals surface area contributed by atoms with E-state index >= 15 is 0 Å². The summed E-state index contributed by atoms with van der Waals surface area (Å²) in [5.41, 5.74) is 2.43. The maximum atomic E-state index is 5.46. The smallest absolute Gasteiger partial charge is 0.177 e. The van der Waals surface area contributed by atoms with Gasteiger partial charge in [0.05, 0.1) is 5.69 Å². The zero-order valence-corrected chi connectivity index (χ0v) is 13.2. The van der Waals surface area contributed by atoms with E-state index in [9.17, 15) is 0 Å². The van der Waals surface area contributed by atoms with Crippen LogP contribution in [0.2, 0.25) is 0 Å². The minimum atomic E-state index is 0.708. The molecular formula is C17H24N2S. The van der Waals surface area contributed by atoms with E-state index in [4.69, 9.17) is 12.2 Å². The molecule has 0 bridgehead atoms. The van der Waals surface area contributed by atoms with Crippen molar-refractivity contribution in [1.29, 1.82) is 0 Å². The number of benzene rings is 1. The second kappa shape index (κ2) is 7.44. The van der Waals surface area contributed by atoms with Gasteiger partial charge < -0.3 is 9.55 Å². The van der Waals surface area contributed by atoms with Crippen molar-refractivity contribution in [2.24, 2.45) is 5.92 Å². The van der Waals surface area contributed by atoms with E-state index in [0.717, 1.165) is 11.3 Å². The first kappa shape index (κ1) is 15.0. The number of hydrogen-bond acceptors (Lipinski definition) is 1. The maximum absolute atomic E-state index is 5.46. The average Bonchev–Trinajstić information content (AvgIpc) is 2.85. The summed E-state index contributed by atoms with van der Waals surface area (Å²) in [6.45, 7) is 5.55. The molecule has 108 valence electrons. The van der Waals surface area contributed by atoms with Crippen LogP contribution >= 0.6 is 12.2 Å². The van der Waals surface area contributed by atoms with Gasteiger partial charge in [-0.1, -0.05) is 63.4 Å². The molecule has 0 saturated heterocycles. The first-order valence-corrected chi connectivity index (χ1v) is 8.00. The van der Waals surface area contributed by atoms with Gasteiger partial charge in [0.1, 0.15) is 0 Å². The van der Waals surface area contributed by atoms with Gasteiger partial charge in [-0.25, -0.2) is 0 Å². The molecule has 0 aliphatic heterocycles. The van der Waals surface area contributed by atoms with Crippen molar-refractivity contribution >= 4 is 12.2 Å². The van der Waals surface area contributed by atoms with Crippen molar-refractivity contribution < 1.29 is 0 Å². The standard InChI is InChI=1S/C17H24N2S/c1-3-5-9-14(4-2)13-19-16(12-18-17(19)20)15-10-7-6-8-11-15/h6-8,10-12,14H,3-5,9,13H2,1-2H3,(H,18,20). The lowest BCUT2D eigenvalue weighted by Crippen LogP contribution is -2.11. The van der Waals surface area contributed by atoms with Crippen LogP contribution < -0.4 is 0 Å². The summed E-state index contributed by atoms with van der Waals surface area (Å²) in [6.07, 6.45) is 7.09. The fourth-order valence-electron chi connectivity index (χ4n) is 2.60. The van der Waals surface area contributed by atoms with E-state index in [1.54, 1.807) is 0 Å². The summed E-state index contributed by atoms with van der Waals surface area (Å²) >= 11 is 5.46. The molecule has 1 atom stereocenters. The molecule has 0 amide bonds. The van der Waals surface area contributed by atoms with Gasteiger partial charge in [-0.3, -0.25) is 0 Å². The molecule has 20 heavy (non-hydrogen) atoms. The first-order chi connectivity index (χ1) is 9.76. The number of rotatable bonds is 7. The van der Waals surface area contributed by atoms with Crippen LogP contribution in [-0.2, 0) is 6.54 Å². The number of aromatic nitrogens is 2. The Hall–Kier alpha value is -1.35. The number of unbranched alkanes of at least 4 members (excludes halogenated alkanes) is 1. The van der Waals surface area contributed by atoms with Crippen LogP contribution in [0.5, 0.6) is 0 Å². The van der Waals surface area contributed by atoms with Gasteiger partial charge in [0.15, 0.2) is 4.77 Å². The normalized spacial score (nSPS) is 12.5. The monoisotopic (exact) mass is 288 g/mol. The van der Waals surface area contributed by atoms with E-state index in [0.29, 0.717) is 5.92 Å². The predicted octanol–water partition coefficient (Wildman–Crippen LogP) is 5.43. The van der Waals surface area contributed by atoms with Crippen LogP contribution in [-0.4, -0.2) is 9.55 Å². The molecule has 1 unspecified atom stereocenters. The van der Waals surface area contributed by atoms with E-state index in [-0.39, 0.29) is 0 Å². The summed E-state index contributed by atoms with van der Waals surface area (Å²) in [6, 6.07) is 10.5. The molecule has 0 radical (unpaired) electrons. The zero-order chi connectivity index (χ0) is 14.4. The lowest BCUT2D eigenvalue weighted by atomic mass is 9.99. The Balaban J connectivity index is 2.23. The van der Waals surface area contributed by atoms with E-state index in [1.807, 2.05) is 12.3 Å². The van der Waals surface area contributed by atoms with Gasteiger partial charge in [0.25, 0.3) is 0 Å². The highest BCUT2D eigenvalue weighted by Gasteiger charge is 2.12. The average molecular weight is 288 g/mol. The van der Waals surface area contributed by atoms with Crippen LogP contribution in [0.1, 0.15) is 39.5 Å². The minimum Gasteiger partial charge on any atom is -0.337 e. The third-order valence-corrected chi connectivity index (χ3v) is 4.26. The number of aromatic amines is 1. The van der Waals surface area contributed by atoms with Crippen LogP contribution in [0.25, 0.3) is 11.3 Å². The molecule has 0 aliphatic rings. The topological polar surface area (TPSA) is 20.7 Å². The Labute approximate surface area is 126 Å². The Kier molecular flexibility index (Phi) is 5.60. The summed E-state index contributed by atoms with van der Waals surface area (Å²) < 4.78 is 3.09. The molecule has 2 rings (SSSR count). The van der Waals surface area contributed by atoms with E-state index < -0.39 is 0 Å². The van der Waals surface area contributed by atoms with Gasteiger partial charge in [-0.15, -0.1) is 0 Å². The van der Waals surface area contributed by atoms with Gasteiger partial charge in [-0.2, -0.15) is 0 Å². The molecule has 2 aromatic rings. The van der Waals surface area contributed by atoms with Crippen molar-refractivity contribution in [2.75, 3.05) is 0 Å². The van der Waals surface area contributed by atoms with E-state index in [2.05, 4.69) is 47.7 Å². The third kappa shape index (κ3) is 3.60. The van der Waals surface area contributed by atoms with Gasteiger partial charge in [0, 0.05) is 12.7 Å². The molecule has 1 heterocycles. The zero-order valence-electron chi connectivity index (χ0n) is 12.4. The molecule has 0 saturated carbocycles. The lowest BCUT2D eigenvalue weighted by molar-refractivity contribution is 0.390. The summed E-state index contributed by atoms with van der Waals surface area (Å²) in [7, 11) is 0. The number of nitrogens with one attached hydrogen (secondary N) is 1. The van der Waals surface area contributed by atoms with Crippen molar-refractivity contribution in [3.8, 4) is 11.3 Å². The molecule has 1 aromatic carbocycles. The molecule has 1 aromatic heterocycles. The molecular weight excluding hydrogens is 264 g/mol. The fourth-order valence-corrected chi connectivity index (χ4v) is 2.83. The minimum absolute atomic E-state index is 0.708. The second-order valence-electron chi connectivity index (χ2n) is 5.37. The second-order valence-corrected chi connectivity index (χ2v) is 5.76. The van der Waals surface area contributed by atoms with Crippen LogP contribution in [0.4, 0.5) is 0 Å². The van der Waals surface area contributed by atoms with Crippen molar-refractivity contribution in [2.45, 2.75) is 46.1 Å². The molecule has 3 heteroatoms. The molecule has 0 aliphatic carbocycles. The van der Waals surface area contributed by atoms with Gasteiger partial charge in [0.2, 0.25) is 0 Å². The Morgan fingerprint density at radius 2 is 1.95 bits per heavy atom. The van der Waals surface area contributed by atoms with Crippen LogP contribution in [0.3, 0.4) is 0 Å². The number of H-pyrrole nitrogens is 1. The fraction of sp³-hybridized carbons (Fsp3) is 0.471. The predicted molar refractivity (Wildman–Crippen MR) is 88.4 cm³/mol. The Bertz CT molecular complexity index is 568. The molecule has 1 N–H and O–H groups in total. The van der Waals surface area contributed by atoms with Crippen molar-refractivity contribution in [1.82, 2.24) is 9.55 Å². The summed E-state index contributed by atoms with van der Waals surface area (Å²) in [5, 5.41) is 0. The van der Waals surface area contributed by atoms with Crippen LogP contribution in [0, 0.1) is 10.7 Å². The largest absolute Gasteiger partial charge is 0.337 e. The number of imidazole rings is 1. The quantitative estimate of drug-likeness (QED) is 0.674. The van der Waals surface area contributed by atoms with Crippen LogP contribution in [0.15, 0.2) is 36.5 Å². The number of nitrogens with zero attached hydrogens (tertiary/aromatic N) is 1. The highest BCUT2D eigenvalue weighted by molar-refractivity contribution is 7.71. The Morgan fingerprint density at radius 1 is 1.20 bits per heavy atom. The highest BCUT2D eigenvalue weighted by Crippen LogP contribution is 2.23. The highest BCUT2D eigenvalue weighted by atomic mass is 32.1. The Morgan fingerprint density at radius 3 is 2.60 bits per heavy atom. The molecule has 2 nitrogen and oxygen atoms in total.